The third-order valence-corrected chi connectivity index (χ3v) is 2.40. The fraction of sp³-hybridized carbons (Fsp3) is 0.917. The van der Waals surface area contributed by atoms with Gasteiger partial charge in [0.25, 0.3) is 0 Å². The topological polar surface area (TPSA) is 64.8 Å². The van der Waals surface area contributed by atoms with E-state index in [9.17, 15) is 4.79 Å². The fourth-order valence-electron chi connectivity index (χ4n) is 1.60. The molecule has 1 atom stereocenters. The molecule has 0 saturated carbocycles. The van der Waals surface area contributed by atoms with Crippen LogP contribution in [0.25, 0.3) is 0 Å². The van der Waals surface area contributed by atoms with E-state index in [0.717, 1.165) is 0 Å². The van der Waals surface area contributed by atoms with Crippen LogP contribution in [0.1, 0.15) is 27.2 Å². The molecule has 0 spiro atoms. The van der Waals surface area contributed by atoms with Gasteiger partial charge in [0.05, 0.1) is 19.3 Å². The SMILES string of the molecule is COCCN(C(=O)CC(C)(C)N)C(C)COC. The summed E-state index contributed by atoms with van der Waals surface area (Å²) < 4.78 is 10.1. The van der Waals surface area contributed by atoms with Gasteiger partial charge in [0.15, 0.2) is 0 Å². The number of methoxy groups -OCH3 is 2. The Balaban J connectivity index is 4.49. The number of rotatable bonds is 8. The lowest BCUT2D eigenvalue weighted by molar-refractivity contribution is -0.136. The van der Waals surface area contributed by atoms with Crippen LogP contribution in [0.4, 0.5) is 0 Å². The zero-order valence-electron chi connectivity index (χ0n) is 11.7. The molecule has 17 heavy (non-hydrogen) atoms. The zero-order chi connectivity index (χ0) is 13.5. The molecule has 5 heteroatoms. The van der Waals surface area contributed by atoms with Crippen LogP contribution in [0.3, 0.4) is 0 Å². The monoisotopic (exact) mass is 246 g/mol. The summed E-state index contributed by atoms with van der Waals surface area (Å²) in [6.07, 6.45) is 0.324. The first-order chi connectivity index (χ1) is 7.81. The Morgan fingerprint density at radius 3 is 2.35 bits per heavy atom. The average Bonchev–Trinajstić information content (AvgIpc) is 2.15. The van der Waals surface area contributed by atoms with Crippen molar-refractivity contribution < 1.29 is 14.3 Å². The molecular formula is C12H26N2O3. The van der Waals surface area contributed by atoms with E-state index in [2.05, 4.69) is 0 Å². The standard InChI is InChI=1S/C12H26N2O3/c1-10(9-17-5)14(6-7-16-4)11(15)8-12(2,3)13/h10H,6-9,13H2,1-5H3. The number of hydrogen-bond acceptors (Lipinski definition) is 4. The van der Waals surface area contributed by atoms with Crippen molar-refractivity contribution in [1.82, 2.24) is 4.90 Å². The molecule has 0 aromatic rings. The van der Waals surface area contributed by atoms with E-state index in [0.29, 0.717) is 26.2 Å². The molecule has 0 aliphatic rings. The van der Waals surface area contributed by atoms with Gasteiger partial charge in [-0.25, -0.2) is 0 Å². The summed E-state index contributed by atoms with van der Waals surface area (Å²) in [6.45, 7) is 7.25. The molecule has 0 aliphatic carbocycles. The van der Waals surface area contributed by atoms with Crippen molar-refractivity contribution in [2.75, 3.05) is 34.0 Å². The Morgan fingerprint density at radius 2 is 1.94 bits per heavy atom. The maximum Gasteiger partial charge on any atom is 0.224 e. The molecule has 0 fully saturated rings. The zero-order valence-corrected chi connectivity index (χ0v) is 11.7. The van der Waals surface area contributed by atoms with Crippen LogP contribution in [0.5, 0.6) is 0 Å². The summed E-state index contributed by atoms with van der Waals surface area (Å²) in [5.41, 5.74) is 5.38. The Kier molecular flexibility index (Phi) is 7.34. The number of carbonyl (C=O) groups is 1. The summed E-state index contributed by atoms with van der Waals surface area (Å²) in [4.78, 5) is 13.9. The average molecular weight is 246 g/mol. The van der Waals surface area contributed by atoms with Crippen molar-refractivity contribution in [2.24, 2.45) is 5.73 Å². The first-order valence-corrected chi connectivity index (χ1v) is 5.88. The van der Waals surface area contributed by atoms with Gasteiger partial charge in [-0.05, 0) is 20.8 Å². The van der Waals surface area contributed by atoms with Gasteiger partial charge in [-0.3, -0.25) is 4.79 Å². The number of amides is 1. The molecule has 102 valence electrons. The highest BCUT2D eigenvalue weighted by Gasteiger charge is 2.24. The van der Waals surface area contributed by atoms with Gasteiger partial charge in [-0.15, -0.1) is 0 Å². The van der Waals surface area contributed by atoms with Crippen molar-refractivity contribution in [3.05, 3.63) is 0 Å². The molecule has 2 N–H and O–H groups in total. The minimum atomic E-state index is -0.491. The molecule has 0 aromatic carbocycles. The largest absolute Gasteiger partial charge is 0.383 e. The summed E-state index contributed by atoms with van der Waals surface area (Å²) in [5, 5.41) is 0. The van der Waals surface area contributed by atoms with E-state index >= 15 is 0 Å². The second kappa shape index (κ2) is 7.63. The van der Waals surface area contributed by atoms with Gasteiger partial charge < -0.3 is 20.1 Å². The number of nitrogens with zero attached hydrogens (tertiary/aromatic N) is 1. The minimum absolute atomic E-state index is 0.0324. The molecule has 0 radical (unpaired) electrons. The lowest BCUT2D eigenvalue weighted by Crippen LogP contribution is -2.47. The van der Waals surface area contributed by atoms with Crippen molar-refractivity contribution in [3.8, 4) is 0 Å². The second-order valence-corrected chi connectivity index (χ2v) is 5.05. The van der Waals surface area contributed by atoms with Gasteiger partial charge in [0.2, 0.25) is 5.91 Å². The summed E-state index contributed by atoms with van der Waals surface area (Å²) in [6, 6.07) is 0.0324. The normalized spacial score (nSPS) is 13.5. The Hall–Kier alpha value is -0.650. The lowest BCUT2D eigenvalue weighted by atomic mass is 10.0. The maximum atomic E-state index is 12.1. The van der Waals surface area contributed by atoms with Crippen molar-refractivity contribution >= 4 is 5.91 Å². The predicted molar refractivity (Wildman–Crippen MR) is 67.8 cm³/mol. The smallest absolute Gasteiger partial charge is 0.224 e. The highest BCUT2D eigenvalue weighted by Crippen LogP contribution is 2.10. The lowest BCUT2D eigenvalue weighted by Gasteiger charge is -2.31. The van der Waals surface area contributed by atoms with Crippen LogP contribution in [-0.4, -0.2) is 56.4 Å². The number of nitrogens with two attached hydrogens (primary N) is 1. The molecule has 1 amide bonds. The molecular weight excluding hydrogens is 220 g/mol. The second-order valence-electron chi connectivity index (χ2n) is 5.05. The minimum Gasteiger partial charge on any atom is -0.383 e. The van der Waals surface area contributed by atoms with E-state index in [1.807, 2.05) is 20.8 Å². The van der Waals surface area contributed by atoms with Crippen molar-refractivity contribution in [3.63, 3.8) is 0 Å². The van der Waals surface area contributed by atoms with Gasteiger partial charge in [-0.2, -0.15) is 0 Å². The number of carbonyl (C=O) groups excluding carboxylic acids is 1. The van der Waals surface area contributed by atoms with E-state index < -0.39 is 5.54 Å². The molecule has 0 aliphatic heterocycles. The van der Waals surface area contributed by atoms with Crippen LogP contribution < -0.4 is 5.73 Å². The number of hydrogen-bond donors (Lipinski definition) is 1. The summed E-state index contributed by atoms with van der Waals surface area (Å²) in [5.74, 6) is 0.0408. The van der Waals surface area contributed by atoms with Gasteiger partial charge in [0, 0.05) is 32.7 Å². The Morgan fingerprint density at radius 1 is 1.35 bits per heavy atom. The molecule has 1 unspecified atom stereocenters. The Bertz CT molecular complexity index is 226. The van der Waals surface area contributed by atoms with E-state index in [1.165, 1.54) is 0 Å². The predicted octanol–water partition coefficient (Wildman–Crippen LogP) is 0.624. The summed E-state index contributed by atoms with van der Waals surface area (Å²) >= 11 is 0. The maximum absolute atomic E-state index is 12.1. The Labute approximate surface area is 104 Å². The van der Waals surface area contributed by atoms with Crippen LogP contribution in [-0.2, 0) is 14.3 Å². The molecule has 0 saturated heterocycles. The highest BCUT2D eigenvalue weighted by molar-refractivity contribution is 5.77. The van der Waals surface area contributed by atoms with Crippen molar-refractivity contribution in [1.29, 1.82) is 0 Å². The quantitative estimate of drug-likeness (QED) is 0.682. The van der Waals surface area contributed by atoms with Gasteiger partial charge in [-0.1, -0.05) is 0 Å². The third kappa shape index (κ3) is 7.31. The summed E-state index contributed by atoms with van der Waals surface area (Å²) in [7, 11) is 3.25. The van der Waals surface area contributed by atoms with E-state index in [4.69, 9.17) is 15.2 Å². The first-order valence-electron chi connectivity index (χ1n) is 5.88. The van der Waals surface area contributed by atoms with E-state index in [1.54, 1.807) is 19.1 Å². The fourth-order valence-corrected chi connectivity index (χ4v) is 1.60. The van der Waals surface area contributed by atoms with Crippen LogP contribution in [0, 0.1) is 0 Å². The van der Waals surface area contributed by atoms with Crippen LogP contribution >= 0.6 is 0 Å². The molecule has 5 nitrogen and oxygen atoms in total. The van der Waals surface area contributed by atoms with E-state index in [-0.39, 0.29) is 11.9 Å². The molecule has 0 heterocycles. The molecule has 0 aromatic heterocycles. The van der Waals surface area contributed by atoms with Crippen LogP contribution in [0.2, 0.25) is 0 Å². The number of ether oxygens (including phenoxy) is 2. The van der Waals surface area contributed by atoms with Gasteiger partial charge >= 0.3 is 0 Å². The van der Waals surface area contributed by atoms with Crippen LogP contribution in [0.15, 0.2) is 0 Å². The molecule has 0 bridgehead atoms. The van der Waals surface area contributed by atoms with Gasteiger partial charge in [0.1, 0.15) is 0 Å². The molecule has 0 rings (SSSR count). The highest BCUT2D eigenvalue weighted by atomic mass is 16.5. The van der Waals surface area contributed by atoms with Crippen molar-refractivity contribution in [2.45, 2.75) is 38.8 Å². The third-order valence-electron chi connectivity index (χ3n) is 2.40. The first kappa shape index (κ1) is 16.4.